The molecular formula is C26H28N2O5S. The largest absolute Gasteiger partial charge is 0.462 e. The molecule has 0 fully saturated rings. The number of amides is 1. The minimum atomic E-state index is -3.98. The molecule has 1 N–H and O–H groups in total. The van der Waals surface area contributed by atoms with Crippen molar-refractivity contribution < 1.29 is 22.7 Å². The summed E-state index contributed by atoms with van der Waals surface area (Å²) < 4.78 is 32.9. The molecule has 0 saturated heterocycles. The molecule has 0 atom stereocenters. The summed E-state index contributed by atoms with van der Waals surface area (Å²) in [5, 5.41) is 2.76. The second-order valence-electron chi connectivity index (χ2n) is 7.64. The number of carbonyl (C=O) groups is 2. The first kappa shape index (κ1) is 25.0. The lowest BCUT2D eigenvalue weighted by molar-refractivity contribution is -0.114. The van der Waals surface area contributed by atoms with Gasteiger partial charge >= 0.3 is 5.97 Å². The summed E-state index contributed by atoms with van der Waals surface area (Å²) >= 11 is 0. The van der Waals surface area contributed by atoms with Crippen LogP contribution in [0.2, 0.25) is 0 Å². The SMILES string of the molecule is CCOC(=O)c1ccc(NC(=O)CN(c2ccc(CC)cc2)S(=O)(=O)c2ccccc2)c(C)c1. The Kier molecular flexibility index (Phi) is 8.07. The summed E-state index contributed by atoms with van der Waals surface area (Å²) in [7, 11) is -3.98. The number of hydrogen-bond donors (Lipinski definition) is 1. The van der Waals surface area contributed by atoms with Crippen molar-refractivity contribution in [3.8, 4) is 0 Å². The van der Waals surface area contributed by atoms with E-state index in [1.165, 1.54) is 12.1 Å². The summed E-state index contributed by atoms with van der Waals surface area (Å²) in [5.41, 5.74) is 2.97. The van der Waals surface area contributed by atoms with Gasteiger partial charge in [-0.1, -0.05) is 37.3 Å². The maximum atomic E-state index is 13.4. The first-order chi connectivity index (χ1) is 16.3. The molecule has 8 heteroatoms. The zero-order valence-electron chi connectivity index (χ0n) is 19.4. The molecule has 0 unspecified atom stereocenters. The van der Waals surface area contributed by atoms with Gasteiger partial charge in [0.05, 0.1) is 22.8 Å². The van der Waals surface area contributed by atoms with Gasteiger partial charge in [0.25, 0.3) is 10.0 Å². The number of sulfonamides is 1. The zero-order chi connectivity index (χ0) is 24.7. The van der Waals surface area contributed by atoms with E-state index < -0.39 is 28.4 Å². The number of ether oxygens (including phenoxy) is 1. The zero-order valence-corrected chi connectivity index (χ0v) is 20.3. The minimum absolute atomic E-state index is 0.0948. The Morgan fingerprint density at radius 3 is 2.21 bits per heavy atom. The van der Waals surface area contributed by atoms with Crippen molar-refractivity contribution in [2.24, 2.45) is 0 Å². The Balaban J connectivity index is 1.88. The van der Waals surface area contributed by atoms with Gasteiger partial charge in [-0.2, -0.15) is 0 Å². The summed E-state index contributed by atoms with van der Waals surface area (Å²) in [6, 6.07) is 19.9. The van der Waals surface area contributed by atoms with Gasteiger partial charge in [-0.15, -0.1) is 0 Å². The monoisotopic (exact) mass is 480 g/mol. The molecule has 0 aliphatic heterocycles. The van der Waals surface area contributed by atoms with Crippen LogP contribution in [0.5, 0.6) is 0 Å². The summed E-state index contributed by atoms with van der Waals surface area (Å²) in [4.78, 5) is 25.0. The van der Waals surface area contributed by atoms with E-state index in [0.29, 0.717) is 22.5 Å². The highest BCUT2D eigenvalue weighted by molar-refractivity contribution is 7.92. The van der Waals surface area contributed by atoms with Gasteiger partial charge in [-0.05, 0) is 73.9 Å². The first-order valence-electron chi connectivity index (χ1n) is 11.0. The highest BCUT2D eigenvalue weighted by atomic mass is 32.2. The maximum Gasteiger partial charge on any atom is 0.338 e. The normalized spacial score (nSPS) is 11.0. The number of carbonyl (C=O) groups excluding carboxylic acids is 2. The van der Waals surface area contributed by atoms with Gasteiger partial charge in [0, 0.05) is 5.69 Å². The van der Waals surface area contributed by atoms with Crippen molar-refractivity contribution in [3.63, 3.8) is 0 Å². The molecule has 0 aliphatic rings. The number of hydrogen-bond acceptors (Lipinski definition) is 5. The first-order valence-corrected chi connectivity index (χ1v) is 12.4. The average molecular weight is 481 g/mol. The highest BCUT2D eigenvalue weighted by Crippen LogP contribution is 2.25. The number of benzene rings is 3. The van der Waals surface area contributed by atoms with Crippen LogP contribution >= 0.6 is 0 Å². The molecule has 0 heterocycles. The molecule has 0 spiro atoms. The predicted octanol–water partition coefficient (Wildman–Crippen LogP) is 4.57. The molecule has 0 bridgehead atoms. The second-order valence-corrected chi connectivity index (χ2v) is 9.51. The van der Waals surface area contributed by atoms with Crippen molar-refractivity contribution in [2.45, 2.75) is 32.1 Å². The van der Waals surface area contributed by atoms with E-state index in [2.05, 4.69) is 5.32 Å². The molecule has 34 heavy (non-hydrogen) atoms. The predicted molar refractivity (Wildman–Crippen MR) is 133 cm³/mol. The Morgan fingerprint density at radius 1 is 0.941 bits per heavy atom. The standard InChI is InChI=1S/C26H28N2O5S/c1-4-20-11-14-22(15-12-20)28(34(31,32)23-9-7-6-8-10-23)18-25(29)27-24-16-13-21(17-19(24)3)26(30)33-5-2/h6-17H,4-5,18H2,1-3H3,(H,27,29). The van der Waals surface area contributed by atoms with Crippen LogP contribution in [0, 0.1) is 6.92 Å². The van der Waals surface area contributed by atoms with Crippen LogP contribution in [-0.4, -0.2) is 33.4 Å². The molecular weight excluding hydrogens is 452 g/mol. The Labute approximate surface area is 200 Å². The third kappa shape index (κ3) is 5.82. The fourth-order valence-electron chi connectivity index (χ4n) is 3.40. The number of esters is 1. The molecule has 0 saturated carbocycles. The van der Waals surface area contributed by atoms with Crippen LogP contribution in [0.25, 0.3) is 0 Å². The lowest BCUT2D eigenvalue weighted by Crippen LogP contribution is -2.38. The second kappa shape index (κ2) is 11.0. The van der Waals surface area contributed by atoms with Gasteiger partial charge in [0.15, 0.2) is 0 Å². The number of aryl methyl sites for hydroxylation is 2. The lowest BCUT2D eigenvalue weighted by atomic mass is 10.1. The van der Waals surface area contributed by atoms with E-state index in [9.17, 15) is 18.0 Å². The molecule has 0 aromatic heterocycles. The van der Waals surface area contributed by atoms with Crippen molar-refractivity contribution in [3.05, 3.63) is 89.5 Å². The quantitative estimate of drug-likeness (QED) is 0.453. The number of anilines is 2. The maximum absolute atomic E-state index is 13.4. The molecule has 0 radical (unpaired) electrons. The van der Waals surface area contributed by atoms with Crippen molar-refractivity contribution >= 4 is 33.3 Å². The number of nitrogens with zero attached hydrogens (tertiary/aromatic N) is 1. The Hall–Kier alpha value is -3.65. The van der Waals surface area contributed by atoms with E-state index >= 15 is 0 Å². The number of nitrogens with one attached hydrogen (secondary N) is 1. The Bertz CT molecular complexity index is 1260. The van der Waals surface area contributed by atoms with Crippen molar-refractivity contribution in [1.29, 1.82) is 0 Å². The van der Waals surface area contributed by atoms with E-state index in [1.54, 1.807) is 62.4 Å². The highest BCUT2D eigenvalue weighted by Gasteiger charge is 2.27. The molecule has 0 aliphatic carbocycles. The van der Waals surface area contributed by atoms with Gasteiger partial charge in [0.2, 0.25) is 5.91 Å². The van der Waals surface area contributed by atoms with Gasteiger partial charge < -0.3 is 10.1 Å². The molecule has 1 amide bonds. The molecule has 3 aromatic rings. The molecule has 7 nitrogen and oxygen atoms in total. The average Bonchev–Trinajstić information content (AvgIpc) is 2.84. The summed E-state index contributed by atoms with van der Waals surface area (Å²) in [6.07, 6.45) is 0.813. The molecule has 178 valence electrons. The smallest absolute Gasteiger partial charge is 0.338 e. The topological polar surface area (TPSA) is 92.8 Å². The third-order valence-electron chi connectivity index (χ3n) is 5.26. The van der Waals surface area contributed by atoms with Crippen molar-refractivity contribution in [2.75, 3.05) is 22.8 Å². The molecule has 3 rings (SSSR count). The fourth-order valence-corrected chi connectivity index (χ4v) is 4.84. The fraction of sp³-hybridized carbons (Fsp3) is 0.231. The molecule has 3 aromatic carbocycles. The number of rotatable bonds is 9. The van der Waals surface area contributed by atoms with Gasteiger partial charge in [-0.25, -0.2) is 13.2 Å². The van der Waals surface area contributed by atoms with E-state index in [1.807, 2.05) is 19.1 Å². The summed E-state index contributed by atoms with van der Waals surface area (Å²) in [5.74, 6) is -0.954. The van der Waals surface area contributed by atoms with Gasteiger partial charge in [-0.3, -0.25) is 9.10 Å². The van der Waals surface area contributed by atoms with E-state index in [0.717, 1.165) is 16.3 Å². The van der Waals surface area contributed by atoms with Crippen LogP contribution in [0.15, 0.2) is 77.7 Å². The van der Waals surface area contributed by atoms with Crippen LogP contribution in [-0.2, 0) is 26.0 Å². The van der Waals surface area contributed by atoms with Crippen LogP contribution in [0.1, 0.15) is 35.3 Å². The van der Waals surface area contributed by atoms with Crippen LogP contribution < -0.4 is 9.62 Å². The minimum Gasteiger partial charge on any atom is -0.462 e. The van der Waals surface area contributed by atoms with E-state index in [4.69, 9.17) is 4.74 Å². The third-order valence-corrected chi connectivity index (χ3v) is 7.05. The summed E-state index contributed by atoms with van der Waals surface area (Å²) in [6.45, 7) is 5.34. The Morgan fingerprint density at radius 2 is 1.62 bits per heavy atom. The van der Waals surface area contributed by atoms with E-state index in [-0.39, 0.29) is 11.5 Å². The van der Waals surface area contributed by atoms with Crippen LogP contribution in [0.3, 0.4) is 0 Å². The van der Waals surface area contributed by atoms with Crippen molar-refractivity contribution in [1.82, 2.24) is 0 Å². The van der Waals surface area contributed by atoms with Gasteiger partial charge in [0.1, 0.15) is 6.54 Å². The van der Waals surface area contributed by atoms with Crippen LogP contribution in [0.4, 0.5) is 11.4 Å². The lowest BCUT2D eigenvalue weighted by Gasteiger charge is -2.24.